The van der Waals surface area contributed by atoms with Gasteiger partial charge in [-0.3, -0.25) is 4.68 Å². The Morgan fingerprint density at radius 1 is 1.50 bits per heavy atom. The molecule has 14 heavy (non-hydrogen) atoms. The fraction of sp³-hybridized carbons (Fsp3) is 0.556. The molecular formula is C9H10N2O3. The Morgan fingerprint density at radius 2 is 2.29 bits per heavy atom. The summed E-state index contributed by atoms with van der Waals surface area (Å²) >= 11 is 0. The highest BCUT2D eigenvalue weighted by atomic mass is 16.5. The molecule has 2 aliphatic rings. The summed E-state index contributed by atoms with van der Waals surface area (Å²) in [5.41, 5.74) is 1.90. The molecule has 0 amide bonds. The number of nitrogens with zero attached hydrogens (tertiary/aromatic N) is 2. The van der Waals surface area contributed by atoms with Crippen LogP contribution in [0.2, 0.25) is 0 Å². The van der Waals surface area contributed by atoms with Gasteiger partial charge in [0.15, 0.2) is 5.69 Å². The number of fused-ring (bicyclic) bond motifs is 1. The smallest absolute Gasteiger partial charge is 0.354 e. The van der Waals surface area contributed by atoms with Crippen LogP contribution >= 0.6 is 0 Å². The lowest BCUT2D eigenvalue weighted by atomic mass is 10.2. The molecule has 1 aromatic heterocycles. The van der Waals surface area contributed by atoms with Gasteiger partial charge in [-0.2, -0.15) is 5.10 Å². The van der Waals surface area contributed by atoms with Crippen molar-refractivity contribution in [2.75, 3.05) is 0 Å². The molecule has 0 aromatic carbocycles. The Balaban J connectivity index is 2.15. The molecule has 2 heterocycles. The van der Waals surface area contributed by atoms with Crippen molar-refractivity contribution in [1.29, 1.82) is 0 Å². The number of ether oxygens (including phenoxy) is 1. The molecular weight excluding hydrogens is 184 g/mol. The fourth-order valence-electron chi connectivity index (χ4n) is 1.84. The third-order valence-electron chi connectivity index (χ3n) is 2.67. The molecule has 0 saturated heterocycles. The third kappa shape index (κ3) is 0.988. The van der Waals surface area contributed by atoms with Crippen LogP contribution in [0.5, 0.6) is 0 Å². The van der Waals surface area contributed by atoms with Gasteiger partial charge in [-0.25, -0.2) is 4.79 Å². The molecule has 1 aliphatic heterocycles. The van der Waals surface area contributed by atoms with Crippen LogP contribution in [0.3, 0.4) is 0 Å². The minimum atomic E-state index is -0.892. The number of rotatable bonds is 2. The Kier molecular flexibility index (Phi) is 1.47. The first-order valence-electron chi connectivity index (χ1n) is 4.68. The van der Waals surface area contributed by atoms with E-state index in [1.807, 2.05) is 0 Å². The number of aromatic nitrogens is 2. The summed E-state index contributed by atoms with van der Waals surface area (Å²) in [6.45, 7) is 0.846. The lowest BCUT2D eigenvalue weighted by molar-refractivity contribution is 0.0674. The zero-order valence-corrected chi connectivity index (χ0v) is 7.56. The normalized spacial score (nSPS) is 19.7. The van der Waals surface area contributed by atoms with Crippen molar-refractivity contribution in [3.63, 3.8) is 0 Å². The van der Waals surface area contributed by atoms with Crippen LogP contribution < -0.4 is 0 Å². The van der Waals surface area contributed by atoms with Crippen molar-refractivity contribution < 1.29 is 14.6 Å². The average molecular weight is 194 g/mol. The van der Waals surface area contributed by atoms with Crippen LogP contribution in [-0.2, 0) is 18.0 Å². The lowest BCUT2D eigenvalue weighted by Gasteiger charge is -2.02. The molecule has 0 radical (unpaired) electrons. The molecule has 0 atom stereocenters. The van der Waals surface area contributed by atoms with E-state index in [9.17, 15) is 4.79 Å². The van der Waals surface area contributed by atoms with Crippen molar-refractivity contribution in [2.45, 2.75) is 32.1 Å². The number of hydrogen-bond donors (Lipinski definition) is 1. The molecule has 1 fully saturated rings. The highest BCUT2D eigenvalue weighted by Gasteiger charge is 2.34. The standard InChI is InChI=1S/C9H10N2O3/c12-9(13)8-6-3-14-4-7(6)10-11(8)5-1-2-5/h5H,1-4H2,(H,12,13). The summed E-state index contributed by atoms with van der Waals surface area (Å²) in [6, 6.07) is 0.312. The van der Waals surface area contributed by atoms with Crippen molar-refractivity contribution >= 4 is 5.97 Å². The molecule has 5 heteroatoms. The average Bonchev–Trinajstić information content (AvgIpc) is 2.75. The number of carboxylic acid groups (broad SMARTS) is 1. The van der Waals surface area contributed by atoms with E-state index in [-0.39, 0.29) is 0 Å². The van der Waals surface area contributed by atoms with E-state index in [0.29, 0.717) is 24.9 Å². The maximum Gasteiger partial charge on any atom is 0.354 e. The van der Waals surface area contributed by atoms with Gasteiger partial charge in [-0.15, -0.1) is 0 Å². The second-order valence-electron chi connectivity index (χ2n) is 3.75. The minimum absolute atomic E-state index is 0.312. The largest absolute Gasteiger partial charge is 0.477 e. The van der Waals surface area contributed by atoms with E-state index >= 15 is 0 Å². The number of aromatic carboxylic acids is 1. The topological polar surface area (TPSA) is 64.3 Å². The summed E-state index contributed by atoms with van der Waals surface area (Å²) in [4.78, 5) is 11.1. The highest BCUT2D eigenvalue weighted by Crippen LogP contribution is 2.37. The van der Waals surface area contributed by atoms with Gasteiger partial charge in [0.2, 0.25) is 0 Å². The van der Waals surface area contributed by atoms with Crippen LogP contribution in [0.15, 0.2) is 0 Å². The van der Waals surface area contributed by atoms with Crippen molar-refractivity contribution in [1.82, 2.24) is 9.78 Å². The number of hydrogen-bond acceptors (Lipinski definition) is 3. The highest BCUT2D eigenvalue weighted by molar-refractivity contribution is 5.88. The first-order chi connectivity index (χ1) is 6.77. The van der Waals surface area contributed by atoms with E-state index in [0.717, 1.165) is 24.1 Å². The van der Waals surface area contributed by atoms with Gasteiger partial charge in [0.25, 0.3) is 0 Å². The molecule has 5 nitrogen and oxygen atoms in total. The number of carboxylic acids is 1. The summed E-state index contributed by atoms with van der Waals surface area (Å²) < 4.78 is 6.82. The van der Waals surface area contributed by atoms with Crippen LogP contribution in [-0.4, -0.2) is 20.9 Å². The summed E-state index contributed by atoms with van der Waals surface area (Å²) in [5, 5.41) is 13.4. The summed E-state index contributed by atoms with van der Waals surface area (Å²) in [6.07, 6.45) is 2.09. The maximum atomic E-state index is 11.1. The molecule has 0 spiro atoms. The van der Waals surface area contributed by atoms with Crippen molar-refractivity contribution in [3.8, 4) is 0 Å². The van der Waals surface area contributed by atoms with Gasteiger partial charge in [-0.05, 0) is 12.8 Å². The molecule has 3 rings (SSSR count). The zero-order chi connectivity index (χ0) is 9.71. The van der Waals surface area contributed by atoms with Crippen LogP contribution in [0.25, 0.3) is 0 Å². The van der Waals surface area contributed by atoms with E-state index in [4.69, 9.17) is 9.84 Å². The lowest BCUT2D eigenvalue weighted by Crippen LogP contribution is -2.10. The van der Waals surface area contributed by atoms with E-state index in [2.05, 4.69) is 5.10 Å². The van der Waals surface area contributed by atoms with Gasteiger partial charge in [0.1, 0.15) is 0 Å². The maximum absolute atomic E-state index is 11.1. The Bertz CT molecular complexity index is 406. The van der Waals surface area contributed by atoms with Crippen molar-refractivity contribution in [2.24, 2.45) is 0 Å². The second kappa shape index (κ2) is 2.57. The first-order valence-corrected chi connectivity index (χ1v) is 4.68. The molecule has 1 N–H and O–H groups in total. The van der Waals surface area contributed by atoms with E-state index < -0.39 is 5.97 Å². The Hall–Kier alpha value is -1.36. The predicted octanol–water partition coefficient (Wildman–Crippen LogP) is 0.946. The van der Waals surface area contributed by atoms with Crippen molar-refractivity contribution in [3.05, 3.63) is 17.0 Å². The summed E-state index contributed by atoms with van der Waals surface area (Å²) in [7, 11) is 0. The third-order valence-corrected chi connectivity index (χ3v) is 2.67. The van der Waals surface area contributed by atoms with E-state index in [1.165, 1.54) is 0 Å². The second-order valence-corrected chi connectivity index (χ2v) is 3.75. The van der Waals surface area contributed by atoms with Crippen LogP contribution in [0.4, 0.5) is 0 Å². The quantitative estimate of drug-likeness (QED) is 0.761. The van der Waals surface area contributed by atoms with Crippen LogP contribution in [0, 0.1) is 0 Å². The Labute approximate surface area is 80.3 Å². The van der Waals surface area contributed by atoms with Gasteiger partial charge in [0, 0.05) is 5.56 Å². The molecule has 1 aliphatic carbocycles. The molecule has 0 bridgehead atoms. The van der Waals surface area contributed by atoms with Gasteiger partial charge < -0.3 is 9.84 Å². The minimum Gasteiger partial charge on any atom is -0.477 e. The Morgan fingerprint density at radius 3 is 2.93 bits per heavy atom. The predicted molar refractivity (Wildman–Crippen MR) is 46.0 cm³/mol. The van der Waals surface area contributed by atoms with Gasteiger partial charge in [0.05, 0.1) is 24.9 Å². The zero-order valence-electron chi connectivity index (χ0n) is 7.56. The van der Waals surface area contributed by atoms with Crippen LogP contribution in [0.1, 0.15) is 40.6 Å². The molecule has 1 saturated carbocycles. The van der Waals surface area contributed by atoms with E-state index in [1.54, 1.807) is 4.68 Å². The summed E-state index contributed by atoms with van der Waals surface area (Å²) in [5.74, 6) is -0.892. The molecule has 74 valence electrons. The number of carbonyl (C=O) groups is 1. The molecule has 1 aromatic rings. The first kappa shape index (κ1) is 7.99. The monoisotopic (exact) mass is 194 g/mol. The molecule has 0 unspecified atom stereocenters. The fourth-order valence-corrected chi connectivity index (χ4v) is 1.84. The van der Waals surface area contributed by atoms with Gasteiger partial charge in [-0.1, -0.05) is 0 Å². The SMILES string of the molecule is O=C(O)c1c2c(nn1C1CC1)COC2. The van der Waals surface area contributed by atoms with Gasteiger partial charge >= 0.3 is 5.97 Å².